The minimum atomic E-state index is 0.591. The molecule has 1 saturated heterocycles. The summed E-state index contributed by atoms with van der Waals surface area (Å²) in [6.07, 6.45) is 4.08. The van der Waals surface area contributed by atoms with E-state index in [1.807, 2.05) is 18.7 Å². The van der Waals surface area contributed by atoms with Crippen molar-refractivity contribution < 1.29 is 0 Å². The van der Waals surface area contributed by atoms with Crippen LogP contribution in [0, 0.1) is 6.92 Å². The summed E-state index contributed by atoms with van der Waals surface area (Å²) in [6, 6.07) is 0.591. The van der Waals surface area contributed by atoms with Crippen LogP contribution in [0.5, 0.6) is 0 Å². The summed E-state index contributed by atoms with van der Waals surface area (Å²) >= 11 is 6.24. The van der Waals surface area contributed by atoms with E-state index in [4.69, 9.17) is 11.6 Å². The van der Waals surface area contributed by atoms with E-state index >= 15 is 0 Å². The molecule has 19 heavy (non-hydrogen) atoms. The Bertz CT molecular complexity index is 410. The molecule has 0 aliphatic carbocycles. The number of aromatic nitrogens is 2. The Morgan fingerprint density at radius 3 is 2.58 bits per heavy atom. The van der Waals surface area contributed by atoms with Crippen molar-refractivity contribution in [1.29, 1.82) is 0 Å². The standard InChI is InChI=1S/C14H25ClN4/c1-11(19-7-5-4-6-8-19)9-16-10-13-14(15)12(2)17-18(13)3/h11,16H,4-10H2,1-3H3. The van der Waals surface area contributed by atoms with Gasteiger partial charge in [0, 0.05) is 26.2 Å². The largest absolute Gasteiger partial charge is 0.310 e. The van der Waals surface area contributed by atoms with E-state index in [-0.39, 0.29) is 0 Å². The molecule has 1 aliphatic heterocycles. The average molecular weight is 285 g/mol. The number of halogens is 1. The molecule has 0 amide bonds. The molecule has 1 atom stereocenters. The van der Waals surface area contributed by atoms with Crippen LogP contribution in [0.4, 0.5) is 0 Å². The second-order valence-electron chi connectivity index (χ2n) is 5.55. The van der Waals surface area contributed by atoms with Crippen LogP contribution >= 0.6 is 11.6 Å². The first-order valence-corrected chi connectivity index (χ1v) is 7.60. The monoisotopic (exact) mass is 284 g/mol. The highest BCUT2D eigenvalue weighted by atomic mass is 35.5. The Balaban J connectivity index is 1.79. The molecule has 2 rings (SSSR count). The molecule has 5 heteroatoms. The number of rotatable bonds is 5. The molecular weight excluding hydrogens is 260 g/mol. The van der Waals surface area contributed by atoms with Crippen molar-refractivity contribution in [3.63, 3.8) is 0 Å². The Hall–Kier alpha value is -0.580. The van der Waals surface area contributed by atoms with E-state index in [0.29, 0.717) is 6.04 Å². The maximum atomic E-state index is 6.24. The molecule has 4 nitrogen and oxygen atoms in total. The lowest BCUT2D eigenvalue weighted by atomic mass is 10.1. The van der Waals surface area contributed by atoms with Crippen molar-refractivity contribution in [2.75, 3.05) is 19.6 Å². The molecule has 1 unspecified atom stereocenters. The van der Waals surface area contributed by atoms with Crippen LogP contribution in [-0.4, -0.2) is 40.4 Å². The Labute approximate surface area is 121 Å². The number of nitrogens with one attached hydrogen (secondary N) is 1. The van der Waals surface area contributed by atoms with E-state index in [0.717, 1.165) is 29.5 Å². The van der Waals surface area contributed by atoms with Gasteiger partial charge in [0.2, 0.25) is 0 Å². The molecule has 1 aromatic heterocycles. The molecule has 0 saturated carbocycles. The molecule has 1 fully saturated rings. The molecule has 1 aliphatic rings. The van der Waals surface area contributed by atoms with Crippen LogP contribution in [0.3, 0.4) is 0 Å². The lowest BCUT2D eigenvalue weighted by Gasteiger charge is -2.32. The summed E-state index contributed by atoms with van der Waals surface area (Å²) in [4.78, 5) is 2.58. The van der Waals surface area contributed by atoms with Crippen molar-refractivity contribution in [2.45, 2.75) is 45.7 Å². The van der Waals surface area contributed by atoms with E-state index < -0.39 is 0 Å². The fourth-order valence-electron chi connectivity index (χ4n) is 2.76. The summed E-state index contributed by atoms with van der Waals surface area (Å²) in [5.74, 6) is 0. The summed E-state index contributed by atoms with van der Waals surface area (Å²) < 4.78 is 1.87. The fraction of sp³-hybridized carbons (Fsp3) is 0.786. The molecule has 108 valence electrons. The zero-order chi connectivity index (χ0) is 13.8. The quantitative estimate of drug-likeness (QED) is 0.901. The van der Waals surface area contributed by atoms with Gasteiger partial charge in [-0.1, -0.05) is 18.0 Å². The zero-order valence-electron chi connectivity index (χ0n) is 12.2. The van der Waals surface area contributed by atoms with Crippen LogP contribution < -0.4 is 5.32 Å². The van der Waals surface area contributed by atoms with Gasteiger partial charge in [-0.25, -0.2) is 0 Å². The molecule has 0 spiro atoms. The van der Waals surface area contributed by atoms with E-state index in [2.05, 4.69) is 22.2 Å². The molecule has 2 heterocycles. The Morgan fingerprint density at radius 1 is 1.32 bits per heavy atom. The normalized spacial score (nSPS) is 18.7. The Morgan fingerprint density at radius 2 is 2.00 bits per heavy atom. The van der Waals surface area contributed by atoms with Crippen molar-refractivity contribution in [1.82, 2.24) is 20.0 Å². The molecule has 1 aromatic rings. The maximum absolute atomic E-state index is 6.24. The average Bonchev–Trinajstić information content (AvgIpc) is 2.66. The second kappa shape index (κ2) is 6.73. The SMILES string of the molecule is Cc1nn(C)c(CNCC(C)N2CCCCC2)c1Cl. The summed E-state index contributed by atoms with van der Waals surface area (Å²) in [5.41, 5.74) is 1.98. The molecule has 0 aromatic carbocycles. The van der Waals surface area contributed by atoms with Gasteiger partial charge in [0.25, 0.3) is 0 Å². The molecule has 1 N–H and O–H groups in total. The lowest BCUT2D eigenvalue weighted by molar-refractivity contribution is 0.170. The third-order valence-electron chi connectivity index (χ3n) is 4.01. The predicted octanol–water partition coefficient (Wildman–Crippen LogP) is 2.35. The van der Waals surface area contributed by atoms with Crippen molar-refractivity contribution >= 4 is 11.6 Å². The van der Waals surface area contributed by atoms with Gasteiger partial charge in [0.15, 0.2) is 0 Å². The van der Waals surface area contributed by atoms with Crippen LogP contribution in [0.15, 0.2) is 0 Å². The van der Waals surface area contributed by atoms with Crippen molar-refractivity contribution in [2.24, 2.45) is 7.05 Å². The van der Waals surface area contributed by atoms with Crippen LogP contribution in [0.25, 0.3) is 0 Å². The fourth-order valence-corrected chi connectivity index (χ4v) is 2.99. The number of hydrogen-bond donors (Lipinski definition) is 1. The number of aryl methyl sites for hydroxylation is 2. The predicted molar refractivity (Wildman–Crippen MR) is 79.5 cm³/mol. The summed E-state index contributed by atoms with van der Waals surface area (Å²) in [5, 5.41) is 8.63. The van der Waals surface area contributed by atoms with Gasteiger partial charge in [0.05, 0.1) is 16.4 Å². The molecule has 0 bridgehead atoms. The highest BCUT2D eigenvalue weighted by molar-refractivity contribution is 6.31. The smallest absolute Gasteiger partial charge is 0.0860 e. The van der Waals surface area contributed by atoms with Gasteiger partial charge >= 0.3 is 0 Å². The number of hydrogen-bond acceptors (Lipinski definition) is 3. The van der Waals surface area contributed by atoms with Crippen LogP contribution in [-0.2, 0) is 13.6 Å². The van der Waals surface area contributed by atoms with Gasteiger partial charge in [-0.2, -0.15) is 5.10 Å². The minimum Gasteiger partial charge on any atom is -0.310 e. The highest BCUT2D eigenvalue weighted by Gasteiger charge is 2.17. The van der Waals surface area contributed by atoms with E-state index in [1.165, 1.54) is 32.4 Å². The molecular formula is C14H25ClN4. The number of piperidine rings is 1. The van der Waals surface area contributed by atoms with E-state index in [9.17, 15) is 0 Å². The van der Waals surface area contributed by atoms with Crippen molar-refractivity contribution in [3.05, 3.63) is 16.4 Å². The van der Waals surface area contributed by atoms with Gasteiger partial charge in [-0.05, 0) is 39.8 Å². The summed E-state index contributed by atoms with van der Waals surface area (Å²) in [6.45, 7) is 8.52. The van der Waals surface area contributed by atoms with Gasteiger partial charge in [-0.3, -0.25) is 9.58 Å². The number of nitrogens with zero attached hydrogens (tertiary/aromatic N) is 3. The Kier molecular flexibility index (Phi) is 5.25. The lowest BCUT2D eigenvalue weighted by Crippen LogP contribution is -2.43. The summed E-state index contributed by atoms with van der Waals surface area (Å²) in [7, 11) is 1.95. The minimum absolute atomic E-state index is 0.591. The van der Waals surface area contributed by atoms with Crippen molar-refractivity contribution in [3.8, 4) is 0 Å². The van der Waals surface area contributed by atoms with Gasteiger partial charge in [-0.15, -0.1) is 0 Å². The number of likely N-dealkylation sites (tertiary alicyclic amines) is 1. The van der Waals surface area contributed by atoms with E-state index in [1.54, 1.807) is 0 Å². The topological polar surface area (TPSA) is 33.1 Å². The first kappa shape index (κ1) is 14.8. The second-order valence-corrected chi connectivity index (χ2v) is 5.92. The van der Waals surface area contributed by atoms with Crippen LogP contribution in [0.1, 0.15) is 37.6 Å². The highest BCUT2D eigenvalue weighted by Crippen LogP contribution is 2.19. The first-order valence-electron chi connectivity index (χ1n) is 7.22. The van der Waals surface area contributed by atoms with Crippen LogP contribution in [0.2, 0.25) is 5.02 Å². The maximum Gasteiger partial charge on any atom is 0.0860 e. The first-order chi connectivity index (χ1) is 9.09. The third-order valence-corrected chi connectivity index (χ3v) is 4.50. The van der Waals surface area contributed by atoms with Gasteiger partial charge < -0.3 is 5.32 Å². The third kappa shape index (κ3) is 3.71. The molecule has 0 radical (unpaired) electrons. The van der Waals surface area contributed by atoms with Gasteiger partial charge in [0.1, 0.15) is 0 Å². The zero-order valence-corrected chi connectivity index (χ0v) is 13.0.